The van der Waals surface area contributed by atoms with Crippen molar-refractivity contribution in [2.24, 2.45) is 0 Å². The molecule has 1 heterocycles. The van der Waals surface area contributed by atoms with Gasteiger partial charge in [0.1, 0.15) is 5.75 Å². The Balaban J connectivity index is 1.26. The number of hydrogen-bond acceptors (Lipinski definition) is 4. The molecule has 0 radical (unpaired) electrons. The first-order valence-corrected chi connectivity index (χ1v) is 10.8. The Hall–Kier alpha value is -3.51. The lowest BCUT2D eigenvalue weighted by molar-refractivity contribution is -0.118. The first-order valence-electron chi connectivity index (χ1n) is 10.5. The molecular weight excluding hydrogens is 426 g/mol. The van der Waals surface area contributed by atoms with Crippen molar-refractivity contribution in [3.05, 3.63) is 89.4 Å². The summed E-state index contributed by atoms with van der Waals surface area (Å²) in [6.07, 6.45) is 0. The van der Waals surface area contributed by atoms with Crippen molar-refractivity contribution >= 4 is 34.8 Å². The quantitative estimate of drug-likeness (QED) is 0.608. The maximum absolute atomic E-state index is 12.7. The molecular formula is C25H24ClN3O3. The smallest absolute Gasteiger partial charge is 0.262 e. The van der Waals surface area contributed by atoms with Crippen LogP contribution in [0.3, 0.4) is 0 Å². The monoisotopic (exact) mass is 449 g/mol. The summed E-state index contributed by atoms with van der Waals surface area (Å²) >= 11 is 5.91. The van der Waals surface area contributed by atoms with Gasteiger partial charge in [0.2, 0.25) is 0 Å². The molecule has 1 N–H and O–H groups in total. The average Bonchev–Trinajstić information content (AvgIpc) is 2.84. The van der Waals surface area contributed by atoms with Crippen LogP contribution >= 0.6 is 11.6 Å². The van der Waals surface area contributed by atoms with Crippen LogP contribution < -0.4 is 15.0 Å². The molecule has 0 bridgehead atoms. The number of nitrogens with one attached hydrogen (secondary N) is 1. The van der Waals surface area contributed by atoms with E-state index in [-0.39, 0.29) is 18.4 Å². The highest BCUT2D eigenvalue weighted by Gasteiger charge is 2.22. The van der Waals surface area contributed by atoms with E-state index in [1.807, 2.05) is 59.5 Å². The zero-order valence-electron chi connectivity index (χ0n) is 17.5. The molecule has 0 spiro atoms. The Kier molecular flexibility index (Phi) is 6.92. The minimum atomic E-state index is -0.212. The molecule has 1 saturated heterocycles. The summed E-state index contributed by atoms with van der Waals surface area (Å²) in [4.78, 5) is 28.9. The number of carbonyl (C=O) groups is 2. The van der Waals surface area contributed by atoms with E-state index in [1.54, 1.807) is 24.3 Å². The predicted molar refractivity (Wildman–Crippen MR) is 127 cm³/mol. The van der Waals surface area contributed by atoms with Crippen molar-refractivity contribution in [1.82, 2.24) is 4.90 Å². The molecule has 1 fully saturated rings. The Labute approximate surface area is 192 Å². The molecule has 0 unspecified atom stereocenters. The predicted octanol–water partition coefficient (Wildman–Crippen LogP) is 4.32. The van der Waals surface area contributed by atoms with Gasteiger partial charge in [-0.3, -0.25) is 9.59 Å². The number of para-hydroxylation sites is 1. The lowest BCUT2D eigenvalue weighted by Crippen LogP contribution is -2.48. The van der Waals surface area contributed by atoms with Gasteiger partial charge in [-0.05, 0) is 60.7 Å². The second kappa shape index (κ2) is 10.2. The fourth-order valence-corrected chi connectivity index (χ4v) is 3.69. The lowest BCUT2D eigenvalue weighted by atomic mass is 10.1. The highest BCUT2D eigenvalue weighted by Crippen LogP contribution is 2.21. The summed E-state index contributed by atoms with van der Waals surface area (Å²) in [6.45, 7) is 2.74. The summed E-state index contributed by atoms with van der Waals surface area (Å²) in [5.41, 5.74) is 2.42. The second-order valence-electron chi connectivity index (χ2n) is 7.48. The van der Waals surface area contributed by atoms with E-state index in [4.69, 9.17) is 16.3 Å². The molecule has 6 nitrogen and oxygen atoms in total. The lowest BCUT2D eigenvalue weighted by Gasteiger charge is -2.36. The molecule has 0 aromatic heterocycles. The van der Waals surface area contributed by atoms with Gasteiger partial charge in [0, 0.05) is 48.1 Å². The number of halogens is 1. The summed E-state index contributed by atoms with van der Waals surface area (Å²) in [5, 5.41) is 3.46. The van der Waals surface area contributed by atoms with Crippen LogP contribution in [0.25, 0.3) is 0 Å². The molecule has 0 atom stereocenters. The number of rotatable bonds is 6. The highest BCUT2D eigenvalue weighted by atomic mass is 35.5. The van der Waals surface area contributed by atoms with E-state index in [1.165, 1.54) is 0 Å². The first-order chi connectivity index (χ1) is 15.6. The molecule has 32 heavy (non-hydrogen) atoms. The standard InChI is InChI=1S/C25H24ClN3O3/c26-20-8-6-19(7-9-20)25(31)29-16-14-28(15-17-29)22-12-10-21(11-13-22)27-24(30)18-32-23-4-2-1-3-5-23/h1-13H,14-18H2,(H,27,30). The van der Waals surface area contributed by atoms with Crippen LogP contribution in [0.1, 0.15) is 10.4 Å². The minimum Gasteiger partial charge on any atom is -0.484 e. The molecule has 1 aliphatic heterocycles. The number of piperazine rings is 1. The van der Waals surface area contributed by atoms with Gasteiger partial charge in [-0.1, -0.05) is 29.8 Å². The van der Waals surface area contributed by atoms with Crippen molar-refractivity contribution in [1.29, 1.82) is 0 Å². The minimum absolute atomic E-state index is 0.0251. The van der Waals surface area contributed by atoms with Crippen LogP contribution in [0, 0.1) is 0 Å². The maximum Gasteiger partial charge on any atom is 0.262 e. The molecule has 3 aromatic rings. The van der Waals surface area contributed by atoms with Gasteiger partial charge < -0.3 is 19.9 Å². The van der Waals surface area contributed by atoms with Crippen LogP contribution in [0.4, 0.5) is 11.4 Å². The van der Waals surface area contributed by atoms with Crippen LogP contribution in [-0.4, -0.2) is 49.5 Å². The van der Waals surface area contributed by atoms with Crippen molar-refractivity contribution in [3.8, 4) is 5.75 Å². The third-order valence-corrected chi connectivity index (χ3v) is 5.54. The molecule has 1 aliphatic rings. The van der Waals surface area contributed by atoms with Crippen LogP contribution in [0.15, 0.2) is 78.9 Å². The van der Waals surface area contributed by atoms with Crippen LogP contribution in [-0.2, 0) is 4.79 Å². The number of amides is 2. The van der Waals surface area contributed by atoms with Crippen molar-refractivity contribution in [2.45, 2.75) is 0 Å². The molecule has 164 valence electrons. The number of hydrogen-bond donors (Lipinski definition) is 1. The molecule has 2 amide bonds. The van der Waals surface area contributed by atoms with E-state index in [2.05, 4.69) is 10.2 Å². The van der Waals surface area contributed by atoms with E-state index >= 15 is 0 Å². The first kappa shape index (κ1) is 21.7. The zero-order chi connectivity index (χ0) is 22.3. The molecule has 3 aromatic carbocycles. The SMILES string of the molecule is O=C(COc1ccccc1)Nc1ccc(N2CCN(C(=O)c3ccc(Cl)cc3)CC2)cc1. The van der Waals surface area contributed by atoms with Gasteiger partial charge in [-0.15, -0.1) is 0 Å². The Morgan fingerprint density at radius 2 is 1.50 bits per heavy atom. The summed E-state index contributed by atoms with van der Waals surface area (Å²) in [6, 6.07) is 23.9. The average molecular weight is 450 g/mol. The van der Waals surface area contributed by atoms with E-state index < -0.39 is 0 Å². The number of carbonyl (C=O) groups excluding carboxylic acids is 2. The van der Waals surface area contributed by atoms with E-state index in [0.717, 1.165) is 18.8 Å². The Morgan fingerprint density at radius 1 is 0.844 bits per heavy atom. The van der Waals surface area contributed by atoms with Gasteiger partial charge in [0.05, 0.1) is 0 Å². The third kappa shape index (κ3) is 5.59. The topological polar surface area (TPSA) is 61.9 Å². The van der Waals surface area contributed by atoms with Crippen molar-refractivity contribution < 1.29 is 14.3 Å². The summed E-state index contributed by atoms with van der Waals surface area (Å²) in [7, 11) is 0. The number of ether oxygens (including phenoxy) is 1. The summed E-state index contributed by atoms with van der Waals surface area (Å²) in [5.74, 6) is 0.472. The van der Waals surface area contributed by atoms with Gasteiger partial charge in [-0.25, -0.2) is 0 Å². The third-order valence-electron chi connectivity index (χ3n) is 5.29. The maximum atomic E-state index is 12.7. The number of nitrogens with zero attached hydrogens (tertiary/aromatic N) is 2. The van der Waals surface area contributed by atoms with Gasteiger partial charge >= 0.3 is 0 Å². The van der Waals surface area contributed by atoms with E-state index in [0.29, 0.717) is 35.1 Å². The highest BCUT2D eigenvalue weighted by molar-refractivity contribution is 6.30. The fraction of sp³-hybridized carbons (Fsp3) is 0.200. The zero-order valence-corrected chi connectivity index (χ0v) is 18.3. The fourth-order valence-electron chi connectivity index (χ4n) is 3.56. The molecule has 0 aliphatic carbocycles. The normalized spacial score (nSPS) is 13.5. The molecule has 7 heteroatoms. The van der Waals surface area contributed by atoms with Crippen LogP contribution in [0.5, 0.6) is 5.75 Å². The van der Waals surface area contributed by atoms with Crippen molar-refractivity contribution in [3.63, 3.8) is 0 Å². The van der Waals surface area contributed by atoms with Crippen molar-refractivity contribution in [2.75, 3.05) is 43.0 Å². The molecule has 0 saturated carbocycles. The summed E-state index contributed by atoms with van der Waals surface area (Å²) < 4.78 is 5.47. The van der Waals surface area contributed by atoms with Gasteiger partial charge in [-0.2, -0.15) is 0 Å². The Bertz CT molecular complexity index is 1050. The Morgan fingerprint density at radius 3 is 2.16 bits per heavy atom. The number of benzene rings is 3. The van der Waals surface area contributed by atoms with E-state index in [9.17, 15) is 9.59 Å². The number of anilines is 2. The van der Waals surface area contributed by atoms with Crippen LogP contribution in [0.2, 0.25) is 5.02 Å². The van der Waals surface area contributed by atoms with Gasteiger partial charge in [0.25, 0.3) is 11.8 Å². The molecule has 4 rings (SSSR count). The largest absolute Gasteiger partial charge is 0.484 e. The van der Waals surface area contributed by atoms with Gasteiger partial charge in [0.15, 0.2) is 6.61 Å². The second-order valence-corrected chi connectivity index (χ2v) is 7.92.